The Morgan fingerprint density at radius 1 is 0.594 bits per heavy atom. The second kappa shape index (κ2) is 11.4. The smallest absolute Gasteiger partial charge is 0.184 e. The Labute approximate surface area is 189 Å². The summed E-state index contributed by atoms with van der Waals surface area (Å²) in [5.41, 5.74) is 3.13. The molecule has 3 aromatic rings. The lowest BCUT2D eigenvalue weighted by molar-refractivity contribution is -0.308. The van der Waals surface area contributed by atoms with Crippen LogP contribution < -0.4 is 0 Å². The zero-order valence-electron chi connectivity index (χ0n) is 18.2. The number of aliphatic hydroxyl groups is 1. The van der Waals surface area contributed by atoms with Gasteiger partial charge in [-0.2, -0.15) is 0 Å². The fraction of sp³-hybridized carbons (Fsp3) is 0.333. The average molecular weight is 435 g/mol. The number of aliphatic hydroxyl groups excluding tert-OH is 1. The van der Waals surface area contributed by atoms with Gasteiger partial charge in [0.1, 0.15) is 18.3 Å². The van der Waals surface area contributed by atoms with E-state index in [9.17, 15) is 5.11 Å². The zero-order valence-corrected chi connectivity index (χ0v) is 18.2. The van der Waals surface area contributed by atoms with Crippen LogP contribution in [-0.4, -0.2) is 35.8 Å². The molecule has 1 N–H and O–H groups in total. The Morgan fingerprint density at radius 2 is 0.969 bits per heavy atom. The van der Waals surface area contributed by atoms with Crippen LogP contribution in [0.3, 0.4) is 0 Å². The topological polar surface area (TPSA) is 57.2 Å². The molecule has 0 radical (unpaired) electrons. The summed E-state index contributed by atoms with van der Waals surface area (Å²) in [6, 6.07) is 29.8. The van der Waals surface area contributed by atoms with Crippen LogP contribution in [0.5, 0.6) is 0 Å². The van der Waals surface area contributed by atoms with Gasteiger partial charge in [0, 0.05) is 0 Å². The first-order valence-electron chi connectivity index (χ1n) is 11.0. The van der Waals surface area contributed by atoms with Crippen molar-refractivity contribution in [3.05, 3.63) is 108 Å². The third-order valence-corrected chi connectivity index (χ3v) is 5.60. The lowest BCUT2D eigenvalue weighted by atomic mass is 9.98. The van der Waals surface area contributed by atoms with Crippen molar-refractivity contribution in [2.75, 3.05) is 0 Å². The van der Waals surface area contributed by atoms with Gasteiger partial charge in [-0.15, -0.1) is 0 Å². The van der Waals surface area contributed by atoms with Gasteiger partial charge >= 0.3 is 0 Å². The molecule has 5 nitrogen and oxygen atoms in total. The molecule has 1 aliphatic rings. The molecule has 0 bridgehead atoms. The van der Waals surface area contributed by atoms with Gasteiger partial charge in [-0.1, -0.05) is 91.0 Å². The summed E-state index contributed by atoms with van der Waals surface area (Å²) >= 11 is 0. The van der Waals surface area contributed by atoms with Crippen molar-refractivity contribution < 1.29 is 24.1 Å². The highest BCUT2D eigenvalue weighted by atomic mass is 16.7. The summed E-state index contributed by atoms with van der Waals surface area (Å²) in [7, 11) is 0. The minimum absolute atomic E-state index is 0.344. The van der Waals surface area contributed by atoms with Gasteiger partial charge in [0.25, 0.3) is 0 Å². The third kappa shape index (κ3) is 6.03. The fourth-order valence-electron chi connectivity index (χ4n) is 3.89. The minimum atomic E-state index is -1.11. The van der Waals surface area contributed by atoms with Crippen molar-refractivity contribution >= 4 is 0 Å². The number of benzene rings is 3. The monoisotopic (exact) mass is 434 g/mol. The van der Waals surface area contributed by atoms with Crippen LogP contribution in [0.15, 0.2) is 91.0 Å². The van der Waals surface area contributed by atoms with E-state index >= 15 is 0 Å². The number of hydrogen-bond donors (Lipinski definition) is 1. The molecule has 1 heterocycles. The quantitative estimate of drug-likeness (QED) is 0.538. The molecule has 4 rings (SSSR count). The summed E-state index contributed by atoms with van der Waals surface area (Å²) < 4.78 is 24.5. The third-order valence-electron chi connectivity index (χ3n) is 5.60. The summed E-state index contributed by atoms with van der Waals surface area (Å²) in [5.74, 6) is 0. The normalized spacial score (nSPS) is 25.5. The van der Waals surface area contributed by atoms with Gasteiger partial charge in [-0.25, -0.2) is 0 Å². The average Bonchev–Trinajstić information content (AvgIpc) is 2.83. The predicted molar refractivity (Wildman–Crippen MR) is 122 cm³/mol. The number of ether oxygens (including phenoxy) is 4. The second-order valence-corrected chi connectivity index (χ2v) is 8.02. The van der Waals surface area contributed by atoms with Crippen LogP contribution in [0.2, 0.25) is 0 Å². The van der Waals surface area contributed by atoms with E-state index in [1.54, 1.807) is 0 Å². The van der Waals surface area contributed by atoms with Crippen molar-refractivity contribution in [3.8, 4) is 0 Å². The van der Waals surface area contributed by atoms with Crippen LogP contribution in [0, 0.1) is 0 Å². The van der Waals surface area contributed by atoms with Crippen LogP contribution in [-0.2, 0) is 38.8 Å². The van der Waals surface area contributed by atoms with Crippen LogP contribution in [0.1, 0.15) is 23.6 Å². The molecular weight excluding hydrogens is 404 g/mol. The van der Waals surface area contributed by atoms with E-state index in [-0.39, 0.29) is 6.10 Å². The Kier molecular flexibility index (Phi) is 8.04. The Bertz CT molecular complexity index is 863. The molecule has 168 valence electrons. The molecular formula is C27H30O5. The molecule has 0 unspecified atom stereocenters. The first kappa shape index (κ1) is 22.6. The molecule has 0 aliphatic carbocycles. The van der Waals surface area contributed by atoms with E-state index in [1.165, 1.54) is 0 Å². The maximum absolute atomic E-state index is 10.7. The molecule has 5 heteroatoms. The number of rotatable bonds is 9. The van der Waals surface area contributed by atoms with Gasteiger partial charge < -0.3 is 24.1 Å². The predicted octanol–water partition coefficient (Wildman–Crippen LogP) is 4.48. The summed E-state index contributed by atoms with van der Waals surface area (Å²) in [6.45, 7) is 3.05. The SMILES string of the molecule is C[C@H]1O[C@@H](O)[C@H](OCc2ccccc2)[C@@H](OCc2ccccc2)[C@H]1OCc1ccccc1. The van der Waals surface area contributed by atoms with Crippen LogP contribution in [0.25, 0.3) is 0 Å². The number of hydrogen-bond acceptors (Lipinski definition) is 5. The highest BCUT2D eigenvalue weighted by Gasteiger charge is 2.46. The lowest BCUT2D eigenvalue weighted by Crippen LogP contribution is -2.59. The van der Waals surface area contributed by atoms with Crippen molar-refractivity contribution in [2.45, 2.75) is 57.5 Å². The van der Waals surface area contributed by atoms with Gasteiger partial charge in [-0.3, -0.25) is 0 Å². The molecule has 0 saturated carbocycles. The Morgan fingerprint density at radius 3 is 1.41 bits per heavy atom. The van der Waals surface area contributed by atoms with Crippen molar-refractivity contribution in [1.82, 2.24) is 0 Å². The maximum Gasteiger partial charge on any atom is 0.184 e. The van der Waals surface area contributed by atoms with E-state index in [0.717, 1.165) is 16.7 Å². The highest BCUT2D eigenvalue weighted by molar-refractivity contribution is 5.15. The van der Waals surface area contributed by atoms with E-state index in [0.29, 0.717) is 19.8 Å². The molecule has 0 aromatic heterocycles. The first-order chi connectivity index (χ1) is 15.7. The largest absolute Gasteiger partial charge is 0.368 e. The molecule has 32 heavy (non-hydrogen) atoms. The van der Waals surface area contributed by atoms with E-state index in [4.69, 9.17) is 18.9 Å². The first-order valence-corrected chi connectivity index (χ1v) is 11.0. The standard InChI is InChI=1S/C27H30O5/c1-20-24(29-17-21-11-5-2-6-12-21)25(30-18-22-13-7-3-8-14-22)26(27(28)32-20)31-19-23-15-9-4-10-16-23/h2-16,20,24-28H,17-19H2,1H3/t20-,24+,25+,26-,27-/m1/s1. The molecule has 0 spiro atoms. The van der Waals surface area contributed by atoms with Crippen LogP contribution in [0.4, 0.5) is 0 Å². The minimum Gasteiger partial charge on any atom is -0.368 e. The molecule has 1 saturated heterocycles. The van der Waals surface area contributed by atoms with Gasteiger partial charge in [0.05, 0.1) is 25.9 Å². The summed E-state index contributed by atoms with van der Waals surface area (Å²) in [5, 5.41) is 10.7. The molecule has 1 aliphatic heterocycles. The zero-order chi connectivity index (χ0) is 22.2. The van der Waals surface area contributed by atoms with Crippen molar-refractivity contribution in [2.24, 2.45) is 0 Å². The summed E-state index contributed by atoms with van der Waals surface area (Å²) in [4.78, 5) is 0. The second-order valence-electron chi connectivity index (χ2n) is 8.02. The van der Waals surface area contributed by atoms with E-state index < -0.39 is 24.6 Å². The molecule has 3 aromatic carbocycles. The van der Waals surface area contributed by atoms with Crippen LogP contribution >= 0.6 is 0 Å². The van der Waals surface area contributed by atoms with Crippen molar-refractivity contribution in [3.63, 3.8) is 0 Å². The molecule has 0 amide bonds. The Balaban J connectivity index is 1.50. The lowest BCUT2D eigenvalue weighted by Gasteiger charge is -2.43. The van der Waals surface area contributed by atoms with E-state index in [1.807, 2.05) is 97.9 Å². The highest BCUT2D eigenvalue weighted by Crippen LogP contribution is 2.29. The van der Waals surface area contributed by atoms with E-state index in [2.05, 4.69) is 0 Å². The Hall–Kier alpha value is -2.54. The maximum atomic E-state index is 10.7. The van der Waals surface area contributed by atoms with Gasteiger partial charge in [0.15, 0.2) is 6.29 Å². The van der Waals surface area contributed by atoms with Gasteiger partial charge in [-0.05, 0) is 23.6 Å². The summed E-state index contributed by atoms with van der Waals surface area (Å²) in [6.07, 6.45) is -3.04. The van der Waals surface area contributed by atoms with Crippen molar-refractivity contribution in [1.29, 1.82) is 0 Å². The fourth-order valence-corrected chi connectivity index (χ4v) is 3.89. The molecule has 5 atom stereocenters. The molecule has 1 fully saturated rings. The van der Waals surface area contributed by atoms with Gasteiger partial charge in [0.2, 0.25) is 0 Å².